The zero-order valence-corrected chi connectivity index (χ0v) is 14.0. The van der Waals surface area contributed by atoms with Gasteiger partial charge in [0, 0.05) is 6.54 Å². The Labute approximate surface area is 141 Å². The van der Waals surface area contributed by atoms with Crippen molar-refractivity contribution in [2.45, 2.75) is 32.2 Å². The van der Waals surface area contributed by atoms with Crippen molar-refractivity contribution in [3.63, 3.8) is 0 Å². The van der Waals surface area contributed by atoms with E-state index in [4.69, 9.17) is 0 Å². The molecule has 0 fully saturated rings. The number of benzene rings is 1. The van der Waals surface area contributed by atoms with Crippen LogP contribution in [0.3, 0.4) is 0 Å². The van der Waals surface area contributed by atoms with E-state index in [9.17, 15) is 13.6 Å². The van der Waals surface area contributed by atoms with Crippen LogP contribution in [0.5, 0.6) is 5.75 Å². The van der Waals surface area contributed by atoms with E-state index in [0.717, 1.165) is 0 Å². The third-order valence-corrected chi connectivity index (χ3v) is 3.70. The van der Waals surface area contributed by atoms with Crippen LogP contribution in [0.1, 0.15) is 13.8 Å². The first-order valence-corrected chi connectivity index (χ1v) is 8.17. The average molecular weight is 357 g/mol. The van der Waals surface area contributed by atoms with Crippen LogP contribution in [0.2, 0.25) is 0 Å². The fourth-order valence-corrected chi connectivity index (χ4v) is 2.53. The number of hydrogen-bond donors (Lipinski definition) is 1. The van der Waals surface area contributed by atoms with Gasteiger partial charge in [0.2, 0.25) is 11.1 Å². The molecule has 0 aliphatic rings. The van der Waals surface area contributed by atoms with Crippen molar-refractivity contribution in [2.24, 2.45) is 5.92 Å². The average Bonchev–Trinajstić information content (AvgIpc) is 2.93. The summed E-state index contributed by atoms with van der Waals surface area (Å²) in [5, 5.41) is 14.4. The monoisotopic (exact) mass is 357 g/mol. The molecular weight excluding hydrogens is 340 g/mol. The molecule has 1 aromatic heterocycles. The largest absolute Gasteiger partial charge is 0.433 e. The van der Waals surface area contributed by atoms with Gasteiger partial charge in [0.05, 0.1) is 11.4 Å². The highest BCUT2D eigenvalue weighted by Crippen LogP contribution is 2.26. The number of rotatable bonds is 8. The summed E-state index contributed by atoms with van der Waals surface area (Å²) >= 11 is 1.17. The molecule has 0 saturated carbocycles. The van der Waals surface area contributed by atoms with E-state index in [0.29, 0.717) is 17.6 Å². The smallest absolute Gasteiger partial charge is 0.387 e. The van der Waals surface area contributed by atoms with Crippen LogP contribution in [-0.2, 0) is 11.3 Å². The van der Waals surface area contributed by atoms with Crippen molar-refractivity contribution in [2.75, 3.05) is 11.1 Å². The molecule has 1 aromatic carbocycles. The highest BCUT2D eigenvalue weighted by molar-refractivity contribution is 7.99. The first-order valence-electron chi connectivity index (χ1n) is 7.18. The number of anilines is 1. The third-order valence-electron chi connectivity index (χ3n) is 2.75. The predicted octanol–water partition coefficient (Wildman–Crippen LogP) is 2.66. The van der Waals surface area contributed by atoms with Crippen LogP contribution < -0.4 is 10.1 Å². The van der Waals surface area contributed by atoms with E-state index in [1.165, 1.54) is 23.9 Å². The van der Waals surface area contributed by atoms with Gasteiger partial charge in [0.15, 0.2) is 0 Å². The molecular formula is C14H17F2N5O2S. The zero-order chi connectivity index (χ0) is 17.5. The van der Waals surface area contributed by atoms with Crippen LogP contribution in [0, 0.1) is 5.92 Å². The van der Waals surface area contributed by atoms with E-state index in [1.807, 2.05) is 13.8 Å². The summed E-state index contributed by atoms with van der Waals surface area (Å²) in [5.74, 6) is -0.0541. The second kappa shape index (κ2) is 8.57. The summed E-state index contributed by atoms with van der Waals surface area (Å²) in [4.78, 5) is 12.0. The van der Waals surface area contributed by atoms with Gasteiger partial charge in [-0.2, -0.15) is 8.78 Å². The fraction of sp³-hybridized carbons (Fsp3) is 0.429. The molecule has 0 aliphatic carbocycles. The maximum absolute atomic E-state index is 12.4. The number of hydrogen-bond acceptors (Lipinski definition) is 6. The molecule has 1 heterocycles. The van der Waals surface area contributed by atoms with Gasteiger partial charge >= 0.3 is 6.61 Å². The minimum absolute atomic E-state index is 0.0431. The second-order valence-corrected chi connectivity index (χ2v) is 6.19. The van der Waals surface area contributed by atoms with Gasteiger partial charge in [0.1, 0.15) is 5.75 Å². The maximum Gasteiger partial charge on any atom is 0.387 e. The molecule has 2 rings (SSSR count). The maximum atomic E-state index is 12.4. The molecule has 2 aromatic rings. The zero-order valence-electron chi connectivity index (χ0n) is 13.1. The van der Waals surface area contributed by atoms with E-state index >= 15 is 0 Å². The molecule has 0 aliphatic heterocycles. The lowest BCUT2D eigenvalue weighted by atomic mass is 10.2. The fourth-order valence-electron chi connectivity index (χ4n) is 1.85. The van der Waals surface area contributed by atoms with Crippen molar-refractivity contribution in [1.82, 2.24) is 20.2 Å². The van der Waals surface area contributed by atoms with Crippen molar-refractivity contribution >= 4 is 23.4 Å². The van der Waals surface area contributed by atoms with E-state index in [1.54, 1.807) is 16.8 Å². The molecule has 24 heavy (non-hydrogen) atoms. The van der Waals surface area contributed by atoms with Crippen LogP contribution in [-0.4, -0.2) is 38.5 Å². The molecule has 0 radical (unpaired) electrons. The number of thioether (sulfide) groups is 1. The number of aromatic nitrogens is 4. The Hall–Kier alpha value is -2.23. The number of ether oxygens (including phenoxy) is 1. The van der Waals surface area contributed by atoms with Crippen LogP contribution in [0.15, 0.2) is 29.4 Å². The highest BCUT2D eigenvalue weighted by atomic mass is 32.2. The Bertz CT molecular complexity index is 681. The molecule has 10 heteroatoms. The molecule has 0 spiro atoms. The Morgan fingerprint density at radius 3 is 2.83 bits per heavy atom. The molecule has 0 saturated heterocycles. The summed E-state index contributed by atoms with van der Waals surface area (Å²) in [5.41, 5.74) is 0.185. The quantitative estimate of drug-likeness (QED) is 0.732. The summed E-state index contributed by atoms with van der Waals surface area (Å²) in [6, 6.07) is 6.01. The van der Waals surface area contributed by atoms with Gasteiger partial charge in [-0.25, -0.2) is 4.68 Å². The topological polar surface area (TPSA) is 81.9 Å². The lowest BCUT2D eigenvalue weighted by Gasteiger charge is -2.11. The Morgan fingerprint density at radius 2 is 2.12 bits per heavy atom. The van der Waals surface area contributed by atoms with Crippen LogP contribution >= 0.6 is 11.8 Å². The Morgan fingerprint density at radius 1 is 1.38 bits per heavy atom. The molecule has 1 amide bonds. The van der Waals surface area contributed by atoms with Crippen molar-refractivity contribution < 1.29 is 18.3 Å². The molecule has 130 valence electrons. The molecule has 0 bridgehead atoms. The highest BCUT2D eigenvalue weighted by Gasteiger charge is 2.14. The normalized spacial score (nSPS) is 11.1. The number of carbonyl (C=O) groups excluding carboxylic acids is 1. The van der Waals surface area contributed by atoms with Crippen molar-refractivity contribution in [3.8, 4) is 5.75 Å². The third kappa shape index (κ3) is 5.44. The van der Waals surface area contributed by atoms with Gasteiger partial charge in [-0.05, 0) is 28.5 Å². The standard InChI is InChI=1S/C14H17F2N5O2S/c1-9(2)7-21-14(18-19-20-21)24-8-12(22)17-10-5-3-4-6-11(10)23-13(15)16/h3-6,9,13H,7-8H2,1-2H3,(H,17,22). The summed E-state index contributed by atoms with van der Waals surface area (Å²) in [7, 11) is 0. The van der Waals surface area contributed by atoms with Gasteiger partial charge in [-0.3, -0.25) is 4.79 Å². The first-order chi connectivity index (χ1) is 11.5. The minimum atomic E-state index is -2.96. The summed E-state index contributed by atoms with van der Waals surface area (Å²) in [6.07, 6.45) is 0. The SMILES string of the molecule is CC(C)Cn1nnnc1SCC(=O)Nc1ccccc1OC(F)F. The lowest BCUT2D eigenvalue weighted by Crippen LogP contribution is -2.16. The number of halogens is 2. The molecule has 0 unspecified atom stereocenters. The number of tetrazole rings is 1. The van der Waals surface area contributed by atoms with Crippen molar-refractivity contribution in [3.05, 3.63) is 24.3 Å². The number of nitrogens with one attached hydrogen (secondary N) is 1. The van der Waals surface area contributed by atoms with Crippen LogP contribution in [0.4, 0.5) is 14.5 Å². The summed E-state index contributed by atoms with van der Waals surface area (Å²) < 4.78 is 30.7. The molecule has 1 N–H and O–H groups in total. The second-order valence-electron chi connectivity index (χ2n) is 5.25. The Kier molecular flexibility index (Phi) is 6.47. The molecule has 0 atom stereocenters. The molecule has 7 nitrogen and oxygen atoms in total. The van der Waals surface area contributed by atoms with Crippen LogP contribution in [0.25, 0.3) is 0 Å². The minimum Gasteiger partial charge on any atom is -0.433 e. The number of nitrogens with zero attached hydrogens (tertiary/aromatic N) is 4. The van der Waals surface area contributed by atoms with Gasteiger partial charge in [0.25, 0.3) is 0 Å². The predicted molar refractivity (Wildman–Crippen MR) is 85.1 cm³/mol. The number of para-hydroxylation sites is 2. The number of alkyl halides is 2. The van der Waals surface area contributed by atoms with Gasteiger partial charge in [-0.15, -0.1) is 5.10 Å². The van der Waals surface area contributed by atoms with E-state index in [2.05, 4.69) is 25.6 Å². The van der Waals surface area contributed by atoms with Gasteiger partial charge < -0.3 is 10.1 Å². The van der Waals surface area contributed by atoms with E-state index in [-0.39, 0.29) is 23.1 Å². The summed E-state index contributed by atoms with van der Waals surface area (Å²) in [6.45, 7) is 1.74. The lowest BCUT2D eigenvalue weighted by molar-refractivity contribution is -0.113. The van der Waals surface area contributed by atoms with Crippen molar-refractivity contribution in [1.29, 1.82) is 0 Å². The Balaban J connectivity index is 1.94. The number of carbonyl (C=O) groups is 1. The number of amides is 1. The van der Waals surface area contributed by atoms with Gasteiger partial charge in [-0.1, -0.05) is 37.7 Å². The van der Waals surface area contributed by atoms with E-state index < -0.39 is 6.61 Å². The first kappa shape index (κ1) is 18.1.